The van der Waals surface area contributed by atoms with Crippen LogP contribution >= 0.6 is 0 Å². The van der Waals surface area contributed by atoms with E-state index in [2.05, 4.69) is 13.5 Å². The number of allylic oxidation sites excluding steroid dienone is 3. The second kappa shape index (κ2) is 6.66. The van der Waals surface area contributed by atoms with E-state index in [0.717, 1.165) is 31.8 Å². The van der Waals surface area contributed by atoms with Crippen LogP contribution in [0.25, 0.3) is 0 Å². The van der Waals surface area contributed by atoms with E-state index in [-0.39, 0.29) is 5.41 Å². The molecule has 0 radical (unpaired) electrons. The average Bonchev–Trinajstić information content (AvgIpc) is 2.26. The van der Waals surface area contributed by atoms with Gasteiger partial charge in [0.1, 0.15) is 0 Å². The van der Waals surface area contributed by atoms with Gasteiger partial charge < -0.3 is 9.47 Å². The monoisotopic (exact) mass is 222 g/mol. The summed E-state index contributed by atoms with van der Waals surface area (Å²) in [6.07, 6.45) is 8.99. The van der Waals surface area contributed by atoms with Crippen LogP contribution in [0, 0.1) is 5.41 Å². The molecule has 0 saturated carbocycles. The van der Waals surface area contributed by atoms with Crippen LogP contribution in [0.3, 0.4) is 0 Å². The van der Waals surface area contributed by atoms with Crippen molar-refractivity contribution in [3.8, 4) is 0 Å². The number of hydrogen-bond donors (Lipinski definition) is 0. The molecule has 0 spiro atoms. The molecule has 2 nitrogen and oxygen atoms in total. The molecule has 0 aromatic rings. The molecule has 1 heterocycles. The summed E-state index contributed by atoms with van der Waals surface area (Å²) < 4.78 is 11.0. The molecular weight excluding hydrogens is 200 g/mol. The van der Waals surface area contributed by atoms with Gasteiger partial charge in [0.15, 0.2) is 0 Å². The quantitative estimate of drug-likeness (QED) is 0.616. The Morgan fingerprint density at radius 3 is 2.69 bits per heavy atom. The smallest absolute Gasteiger partial charge is 0.0716 e. The van der Waals surface area contributed by atoms with Crippen LogP contribution in [-0.4, -0.2) is 26.4 Å². The van der Waals surface area contributed by atoms with Gasteiger partial charge >= 0.3 is 0 Å². The third kappa shape index (κ3) is 3.62. The maximum Gasteiger partial charge on any atom is 0.0716 e. The maximum atomic E-state index is 5.73. The highest BCUT2D eigenvalue weighted by Gasteiger charge is 2.36. The Kier molecular flexibility index (Phi) is 5.50. The molecule has 1 saturated heterocycles. The van der Waals surface area contributed by atoms with Gasteiger partial charge in [0.2, 0.25) is 0 Å². The molecule has 1 aliphatic rings. The van der Waals surface area contributed by atoms with E-state index in [1.165, 1.54) is 0 Å². The molecule has 1 rings (SSSR count). The van der Waals surface area contributed by atoms with E-state index in [4.69, 9.17) is 9.47 Å². The lowest BCUT2D eigenvalue weighted by molar-refractivity contribution is -0.148. The van der Waals surface area contributed by atoms with Crippen molar-refractivity contribution in [2.24, 2.45) is 5.41 Å². The van der Waals surface area contributed by atoms with E-state index in [1.54, 1.807) is 0 Å². The molecular formula is C14H22O2. The van der Waals surface area contributed by atoms with Crippen molar-refractivity contribution in [2.75, 3.05) is 26.4 Å². The topological polar surface area (TPSA) is 18.5 Å². The van der Waals surface area contributed by atoms with Gasteiger partial charge in [-0.25, -0.2) is 0 Å². The standard InChI is InChI=1S/C14H22O2/c1-4-7-8-13(5-2)9-15-10-14(6-3)11-16-12-14/h4-5,7-8H,2,6,9-12H2,1,3H3/b7-4-,13-8+. The summed E-state index contributed by atoms with van der Waals surface area (Å²) in [4.78, 5) is 0. The number of hydrogen-bond acceptors (Lipinski definition) is 2. The van der Waals surface area contributed by atoms with Crippen molar-refractivity contribution in [1.29, 1.82) is 0 Å². The molecule has 1 fully saturated rings. The first-order valence-electron chi connectivity index (χ1n) is 5.86. The summed E-state index contributed by atoms with van der Waals surface area (Å²) in [5, 5.41) is 0. The minimum absolute atomic E-state index is 0.271. The zero-order valence-electron chi connectivity index (χ0n) is 10.4. The van der Waals surface area contributed by atoms with Crippen molar-refractivity contribution < 1.29 is 9.47 Å². The van der Waals surface area contributed by atoms with Crippen LogP contribution in [0.2, 0.25) is 0 Å². The molecule has 2 heteroatoms. The van der Waals surface area contributed by atoms with Crippen LogP contribution in [0.15, 0.2) is 36.5 Å². The lowest BCUT2D eigenvalue weighted by Gasteiger charge is -2.40. The molecule has 1 aliphatic heterocycles. The number of ether oxygens (including phenoxy) is 2. The molecule has 0 unspecified atom stereocenters. The Balaban J connectivity index is 2.30. The second-order valence-electron chi connectivity index (χ2n) is 4.31. The molecule has 0 N–H and O–H groups in total. The van der Waals surface area contributed by atoms with Gasteiger partial charge in [0.25, 0.3) is 0 Å². The Morgan fingerprint density at radius 1 is 1.50 bits per heavy atom. The van der Waals surface area contributed by atoms with Crippen LogP contribution in [0.4, 0.5) is 0 Å². The Labute approximate surface area is 98.6 Å². The summed E-state index contributed by atoms with van der Waals surface area (Å²) in [6, 6.07) is 0. The van der Waals surface area contributed by atoms with Gasteiger partial charge in [-0.1, -0.05) is 37.8 Å². The van der Waals surface area contributed by atoms with Crippen molar-refractivity contribution >= 4 is 0 Å². The summed E-state index contributed by atoms with van der Waals surface area (Å²) >= 11 is 0. The lowest BCUT2D eigenvalue weighted by atomic mass is 9.84. The fraction of sp³-hybridized carbons (Fsp3) is 0.571. The van der Waals surface area contributed by atoms with E-state index >= 15 is 0 Å². The Hall–Kier alpha value is -0.860. The minimum Gasteiger partial charge on any atom is -0.380 e. The molecule has 0 amide bonds. The first kappa shape index (κ1) is 13.2. The van der Waals surface area contributed by atoms with Crippen LogP contribution in [0.1, 0.15) is 20.3 Å². The lowest BCUT2D eigenvalue weighted by Crippen LogP contribution is -2.45. The fourth-order valence-corrected chi connectivity index (χ4v) is 1.56. The molecule has 0 bridgehead atoms. The predicted octanol–water partition coefficient (Wildman–Crippen LogP) is 3.12. The van der Waals surface area contributed by atoms with Crippen molar-refractivity contribution in [3.05, 3.63) is 36.5 Å². The van der Waals surface area contributed by atoms with E-state index in [0.29, 0.717) is 6.61 Å². The normalized spacial score (nSPS) is 19.8. The summed E-state index contributed by atoms with van der Waals surface area (Å²) in [7, 11) is 0. The van der Waals surface area contributed by atoms with Crippen molar-refractivity contribution in [3.63, 3.8) is 0 Å². The highest BCUT2D eigenvalue weighted by atomic mass is 16.5. The van der Waals surface area contributed by atoms with Crippen molar-refractivity contribution in [1.82, 2.24) is 0 Å². The Morgan fingerprint density at radius 2 is 2.25 bits per heavy atom. The third-order valence-corrected chi connectivity index (χ3v) is 3.01. The first-order valence-corrected chi connectivity index (χ1v) is 5.86. The van der Waals surface area contributed by atoms with Gasteiger partial charge in [-0.3, -0.25) is 0 Å². The molecule has 0 aliphatic carbocycles. The number of rotatable bonds is 7. The predicted molar refractivity (Wildman–Crippen MR) is 67.5 cm³/mol. The van der Waals surface area contributed by atoms with Gasteiger partial charge in [-0.05, 0) is 18.9 Å². The average molecular weight is 222 g/mol. The van der Waals surface area contributed by atoms with Gasteiger partial charge in [0.05, 0.1) is 26.4 Å². The fourth-order valence-electron chi connectivity index (χ4n) is 1.56. The molecule has 16 heavy (non-hydrogen) atoms. The third-order valence-electron chi connectivity index (χ3n) is 3.01. The molecule has 0 aromatic heterocycles. The highest BCUT2D eigenvalue weighted by Crippen LogP contribution is 2.31. The maximum absolute atomic E-state index is 5.73. The van der Waals surface area contributed by atoms with E-state index < -0.39 is 0 Å². The SMILES string of the molecule is C=C/C(=C\C=C/C)COCC1(CC)COC1. The summed E-state index contributed by atoms with van der Waals surface area (Å²) in [5.74, 6) is 0. The summed E-state index contributed by atoms with van der Waals surface area (Å²) in [6.45, 7) is 11.1. The molecule has 90 valence electrons. The zero-order chi connectivity index (χ0) is 11.9. The molecule has 0 atom stereocenters. The first-order chi connectivity index (χ1) is 7.76. The van der Waals surface area contributed by atoms with E-state index in [1.807, 2.05) is 31.2 Å². The van der Waals surface area contributed by atoms with Gasteiger partial charge in [-0.2, -0.15) is 0 Å². The van der Waals surface area contributed by atoms with Crippen LogP contribution in [-0.2, 0) is 9.47 Å². The van der Waals surface area contributed by atoms with Gasteiger partial charge in [-0.15, -0.1) is 0 Å². The molecule has 0 aromatic carbocycles. The van der Waals surface area contributed by atoms with Crippen LogP contribution < -0.4 is 0 Å². The van der Waals surface area contributed by atoms with Crippen LogP contribution in [0.5, 0.6) is 0 Å². The van der Waals surface area contributed by atoms with Crippen molar-refractivity contribution in [2.45, 2.75) is 20.3 Å². The van der Waals surface area contributed by atoms with Gasteiger partial charge in [0, 0.05) is 5.41 Å². The van der Waals surface area contributed by atoms with E-state index in [9.17, 15) is 0 Å². The summed E-state index contributed by atoms with van der Waals surface area (Å²) in [5.41, 5.74) is 1.39. The minimum atomic E-state index is 0.271. The Bertz CT molecular complexity index is 267. The highest BCUT2D eigenvalue weighted by molar-refractivity contribution is 5.22. The largest absolute Gasteiger partial charge is 0.380 e. The zero-order valence-corrected chi connectivity index (χ0v) is 10.4. The second-order valence-corrected chi connectivity index (χ2v) is 4.31.